The van der Waals surface area contributed by atoms with Crippen molar-refractivity contribution in [3.63, 3.8) is 0 Å². The molecule has 29 heavy (non-hydrogen) atoms. The number of hydrogen-bond acceptors (Lipinski definition) is 2. The van der Waals surface area contributed by atoms with Crippen LogP contribution < -0.4 is 0 Å². The number of aryl methyl sites for hydroxylation is 2. The highest BCUT2D eigenvalue weighted by molar-refractivity contribution is 5.92. The van der Waals surface area contributed by atoms with E-state index >= 15 is 0 Å². The van der Waals surface area contributed by atoms with Crippen LogP contribution >= 0.6 is 0 Å². The lowest BCUT2D eigenvalue weighted by Crippen LogP contribution is -2.13. The van der Waals surface area contributed by atoms with Crippen molar-refractivity contribution >= 4 is 10.8 Å². The number of fused-ring (bicyclic) bond motifs is 4. The van der Waals surface area contributed by atoms with Gasteiger partial charge in [0.15, 0.2) is 0 Å². The summed E-state index contributed by atoms with van der Waals surface area (Å²) in [6, 6.07) is 19.8. The molecule has 0 bridgehead atoms. The highest BCUT2D eigenvalue weighted by Crippen LogP contribution is 2.40. The van der Waals surface area contributed by atoms with E-state index in [1.165, 1.54) is 44.3 Å². The fraction of sp³-hybridized carbons (Fsp3) is 0.259. The van der Waals surface area contributed by atoms with Crippen LogP contribution in [0.2, 0.25) is 0 Å². The van der Waals surface area contributed by atoms with E-state index in [2.05, 4.69) is 82.3 Å². The van der Waals surface area contributed by atoms with Crippen molar-refractivity contribution in [3.8, 4) is 22.4 Å². The first-order valence-electron chi connectivity index (χ1n) is 10.4. The maximum absolute atomic E-state index is 4.86. The first kappa shape index (κ1) is 18.1. The summed E-state index contributed by atoms with van der Waals surface area (Å²) in [5.41, 5.74) is 9.97. The highest BCUT2D eigenvalue weighted by atomic mass is 14.7. The average Bonchev–Trinajstić information content (AvgIpc) is 2.71. The van der Waals surface area contributed by atoms with E-state index in [0.717, 1.165) is 24.2 Å². The van der Waals surface area contributed by atoms with Gasteiger partial charge < -0.3 is 0 Å². The smallest absolute Gasteiger partial charge is 0.0740 e. The lowest BCUT2D eigenvalue weighted by molar-refractivity contribution is 0.596. The molecule has 1 aliphatic carbocycles. The molecule has 0 saturated carbocycles. The van der Waals surface area contributed by atoms with Gasteiger partial charge in [-0.3, -0.25) is 9.97 Å². The van der Waals surface area contributed by atoms with Crippen molar-refractivity contribution in [1.29, 1.82) is 0 Å². The number of rotatable bonds is 1. The molecule has 0 radical (unpaired) electrons. The van der Waals surface area contributed by atoms with Gasteiger partial charge in [-0.25, -0.2) is 0 Å². The highest BCUT2D eigenvalue weighted by Gasteiger charge is 2.23. The summed E-state index contributed by atoms with van der Waals surface area (Å²) < 4.78 is 0. The Balaban J connectivity index is 1.75. The number of aromatic nitrogens is 2. The zero-order chi connectivity index (χ0) is 20.2. The second-order valence-corrected chi connectivity index (χ2v) is 9.13. The second-order valence-electron chi connectivity index (χ2n) is 9.13. The lowest BCUT2D eigenvalue weighted by Gasteiger charge is -2.25. The van der Waals surface area contributed by atoms with E-state index in [4.69, 9.17) is 9.97 Å². The largest absolute Gasteiger partial charge is 0.258 e. The van der Waals surface area contributed by atoms with E-state index < -0.39 is 0 Å². The molecule has 2 heteroatoms. The van der Waals surface area contributed by atoms with Crippen molar-refractivity contribution in [3.05, 3.63) is 83.3 Å². The first-order chi connectivity index (χ1) is 13.9. The molecule has 2 aromatic carbocycles. The fourth-order valence-electron chi connectivity index (χ4n) is 4.60. The predicted molar refractivity (Wildman–Crippen MR) is 121 cm³/mol. The van der Waals surface area contributed by atoms with Gasteiger partial charge in [0.25, 0.3) is 0 Å². The van der Waals surface area contributed by atoms with Crippen molar-refractivity contribution in [2.24, 2.45) is 0 Å². The molecule has 0 N–H and O–H groups in total. The zero-order valence-electron chi connectivity index (χ0n) is 17.6. The summed E-state index contributed by atoms with van der Waals surface area (Å²) in [7, 11) is 0. The van der Waals surface area contributed by atoms with Crippen LogP contribution in [0.4, 0.5) is 0 Å². The Kier molecular flexibility index (Phi) is 4.06. The SMILES string of the molecule is Cc1ccc2c(n1)CCc1c-2ccnc1-c1cc(C(C)(C)C)c2ccccc2c1. The second kappa shape index (κ2) is 6.52. The Morgan fingerprint density at radius 1 is 0.862 bits per heavy atom. The van der Waals surface area contributed by atoms with E-state index in [9.17, 15) is 0 Å². The quantitative estimate of drug-likeness (QED) is 0.370. The monoisotopic (exact) mass is 378 g/mol. The maximum Gasteiger partial charge on any atom is 0.0740 e. The van der Waals surface area contributed by atoms with Gasteiger partial charge >= 0.3 is 0 Å². The molecule has 2 nitrogen and oxygen atoms in total. The third-order valence-electron chi connectivity index (χ3n) is 6.01. The Morgan fingerprint density at radius 2 is 1.69 bits per heavy atom. The van der Waals surface area contributed by atoms with Gasteiger partial charge in [0.2, 0.25) is 0 Å². The Hall–Kier alpha value is -3.00. The predicted octanol–water partition coefficient (Wildman–Crippen LogP) is 6.67. The molecule has 2 heterocycles. The molecule has 0 fully saturated rings. The summed E-state index contributed by atoms with van der Waals surface area (Å²) in [5, 5.41) is 2.61. The Morgan fingerprint density at radius 3 is 2.52 bits per heavy atom. The molecule has 0 amide bonds. The minimum absolute atomic E-state index is 0.0680. The van der Waals surface area contributed by atoms with E-state index in [0.29, 0.717) is 0 Å². The molecule has 0 atom stereocenters. The molecule has 1 aliphatic rings. The normalized spacial score (nSPS) is 13.2. The van der Waals surface area contributed by atoms with Crippen molar-refractivity contribution in [1.82, 2.24) is 9.97 Å². The summed E-state index contributed by atoms with van der Waals surface area (Å²) in [4.78, 5) is 9.64. The number of pyridine rings is 2. The van der Waals surface area contributed by atoms with Crippen LogP contribution in [-0.2, 0) is 18.3 Å². The molecule has 0 saturated heterocycles. The minimum atomic E-state index is 0.0680. The van der Waals surface area contributed by atoms with Crippen LogP contribution in [0.1, 0.15) is 43.3 Å². The molecule has 0 unspecified atom stereocenters. The van der Waals surface area contributed by atoms with Crippen LogP contribution in [0.25, 0.3) is 33.2 Å². The summed E-state index contributed by atoms with van der Waals surface area (Å²) >= 11 is 0. The summed E-state index contributed by atoms with van der Waals surface area (Å²) in [5.74, 6) is 0. The molecule has 0 spiro atoms. The van der Waals surface area contributed by atoms with Crippen LogP contribution in [-0.4, -0.2) is 9.97 Å². The Labute approximate surface area is 172 Å². The molecule has 5 rings (SSSR count). The molecular weight excluding hydrogens is 352 g/mol. The first-order valence-corrected chi connectivity index (χ1v) is 10.4. The third-order valence-corrected chi connectivity index (χ3v) is 6.01. The van der Waals surface area contributed by atoms with Crippen LogP contribution in [0.3, 0.4) is 0 Å². The third kappa shape index (κ3) is 3.04. The van der Waals surface area contributed by atoms with Gasteiger partial charge in [0.05, 0.1) is 5.69 Å². The van der Waals surface area contributed by atoms with Gasteiger partial charge in [-0.2, -0.15) is 0 Å². The van der Waals surface area contributed by atoms with Crippen LogP contribution in [0.5, 0.6) is 0 Å². The van der Waals surface area contributed by atoms with Gasteiger partial charge in [-0.15, -0.1) is 0 Å². The zero-order valence-corrected chi connectivity index (χ0v) is 17.6. The summed E-state index contributed by atoms with van der Waals surface area (Å²) in [6.07, 6.45) is 3.91. The maximum atomic E-state index is 4.86. The van der Waals surface area contributed by atoms with Crippen LogP contribution in [0.15, 0.2) is 60.8 Å². The van der Waals surface area contributed by atoms with Gasteiger partial charge in [-0.1, -0.05) is 51.1 Å². The molecular formula is C27H26N2. The fourth-order valence-corrected chi connectivity index (χ4v) is 4.60. The van der Waals surface area contributed by atoms with E-state index in [1.54, 1.807) is 0 Å². The number of nitrogens with zero attached hydrogens (tertiary/aromatic N) is 2. The van der Waals surface area contributed by atoms with E-state index in [1.807, 2.05) is 6.20 Å². The van der Waals surface area contributed by atoms with Gasteiger partial charge in [0, 0.05) is 28.7 Å². The lowest BCUT2D eigenvalue weighted by atomic mass is 9.81. The number of benzene rings is 2. The molecule has 4 aromatic rings. The minimum Gasteiger partial charge on any atom is -0.258 e. The standard InChI is InChI=1S/C27H26N2/c1-17-9-10-22-21-13-14-28-26(23(21)11-12-25(22)29-17)19-15-18-7-5-6-8-20(18)24(16-19)27(2,3)4/h5-10,13-16H,11-12H2,1-4H3. The van der Waals surface area contributed by atoms with Crippen molar-refractivity contribution < 1.29 is 0 Å². The molecule has 0 aliphatic heterocycles. The van der Waals surface area contributed by atoms with Gasteiger partial charge in [0.1, 0.15) is 0 Å². The average molecular weight is 379 g/mol. The van der Waals surface area contributed by atoms with Crippen molar-refractivity contribution in [2.75, 3.05) is 0 Å². The number of hydrogen-bond donors (Lipinski definition) is 0. The Bertz CT molecular complexity index is 1250. The molecule has 2 aromatic heterocycles. The topological polar surface area (TPSA) is 25.8 Å². The van der Waals surface area contributed by atoms with E-state index in [-0.39, 0.29) is 5.41 Å². The summed E-state index contributed by atoms with van der Waals surface area (Å²) in [6.45, 7) is 8.93. The molecule has 144 valence electrons. The van der Waals surface area contributed by atoms with Crippen LogP contribution in [0, 0.1) is 6.92 Å². The van der Waals surface area contributed by atoms with Gasteiger partial charge in [-0.05, 0) is 76.9 Å². The van der Waals surface area contributed by atoms with Crippen molar-refractivity contribution in [2.45, 2.75) is 46.0 Å².